The standard InChI is InChI=1S/C64H94N8O4/c1-5-7-9-11-13-15-17-19-21-23-25-27-29-31-33-35-43-71-52-39-42-57(60(74)46-52)68-70-62-50(4)61-54(51-37-40-55(49(3)45-51)65-63(71)75)48-58(62)66-64(76)72(53-38-41-56(67-69-61)59(73)47-53)44-36-34-32-30-28-26-24-22-20-18-16-14-12-10-8-6-2/h37-42,45-48,73-74H,5-36,43-44H2,1-4H3,(H,65,75)(H,66,76). The molecule has 0 saturated heterocycles. The highest BCUT2D eigenvalue weighted by atomic mass is 16.3. The fourth-order valence-corrected chi connectivity index (χ4v) is 10.8. The highest BCUT2D eigenvalue weighted by Gasteiger charge is 2.12. The number of nitrogens with zero attached hydrogens (tertiary/aromatic N) is 6. The van der Waals surface area contributed by atoms with Gasteiger partial charge in [0.1, 0.15) is 28.0 Å². The SMILES string of the molecule is CCCCCCCCCCCCCCCCCCn1c(=O)[nH]c2ccc(cc2C)c2cc3[nH]c(=O)n(CCCCCCCCCCCCCCCCCC)c4ccc(nnc2c(C)c3nnc2ccc1cc2O)c(O)c4. The molecular formula is C64H94N8O4. The molecule has 10 aromatic heterocycles. The van der Waals surface area contributed by atoms with Crippen LogP contribution in [0.4, 0.5) is 0 Å². The Bertz CT molecular complexity index is 3000. The van der Waals surface area contributed by atoms with Gasteiger partial charge in [0.2, 0.25) is 0 Å². The van der Waals surface area contributed by atoms with Crippen molar-refractivity contribution in [2.75, 3.05) is 0 Å². The summed E-state index contributed by atoms with van der Waals surface area (Å²) in [5, 5.41) is 42.8. The maximum Gasteiger partial charge on any atom is 0.326 e. The van der Waals surface area contributed by atoms with Crippen LogP contribution in [0.25, 0.3) is 54.9 Å². The quantitative estimate of drug-likeness (QED) is 0.0290. The van der Waals surface area contributed by atoms with Gasteiger partial charge in [0.25, 0.3) is 0 Å². The summed E-state index contributed by atoms with van der Waals surface area (Å²) in [6.07, 6.45) is 40.4. The summed E-state index contributed by atoms with van der Waals surface area (Å²) in [6.45, 7) is 9.27. The van der Waals surface area contributed by atoms with Crippen molar-refractivity contribution in [1.82, 2.24) is 39.5 Å². The first-order chi connectivity index (χ1) is 37.2. The lowest BCUT2D eigenvalue weighted by Crippen LogP contribution is -2.21. The molecule has 0 aliphatic rings. The number of phenolic OH excluding ortho intramolecular Hbond substituents is 2. The number of hydrogen-bond donors (Lipinski definition) is 4. The van der Waals surface area contributed by atoms with Crippen molar-refractivity contribution in [3.63, 3.8) is 0 Å². The average Bonchev–Trinajstić information content (AvgIpc) is 3.44. The molecule has 12 nitrogen and oxygen atoms in total. The smallest absolute Gasteiger partial charge is 0.326 e. The van der Waals surface area contributed by atoms with E-state index < -0.39 is 0 Å². The number of benzene rings is 4. The van der Waals surface area contributed by atoms with E-state index >= 15 is 0 Å². The summed E-state index contributed by atoms with van der Waals surface area (Å²) in [4.78, 5) is 35.2. The number of rotatable bonds is 34. The van der Waals surface area contributed by atoms with Gasteiger partial charge in [-0.05, 0) is 80.1 Å². The molecule has 10 heterocycles. The summed E-state index contributed by atoms with van der Waals surface area (Å²) in [5.74, 6) is -0.229. The number of unbranched alkanes of at least 4 members (excludes halogenated alkanes) is 30. The number of aromatic nitrogens is 8. The van der Waals surface area contributed by atoms with Crippen LogP contribution >= 0.6 is 0 Å². The molecule has 0 amide bonds. The van der Waals surface area contributed by atoms with E-state index in [1.807, 2.05) is 38.1 Å². The Morgan fingerprint density at radius 2 is 0.776 bits per heavy atom. The maximum absolute atomic E-state index is 14.6. The van der Waals surface area contributed by atoms with E-state index in [-0.39, 0.29) is 33.9 Å². The largest absolute Gasteiger partial charge is 0.506 e. The lowest BCUT2D eigenvalue weighted by molar-refractivity contribution is 0.478. The lowest BCUT2D eigenvalue weighted by Gasteiger charge is -2.08. The summed E-state index contributed by atoms with van der Waals surface area (Å²) >= 11 is 0. The van der Waals surface area contributed by atoms with Crippen LogP contribution in [-0.4, -0.2) is 49.7 Å². The van der Waals surface area contributed by atoms with Gasteiger partial charge in [-0.3, -0.25) is 9.13 Å². The zero-order chi connectivity index (χ0) is 53.7. The Morgan fingerprint density at radius 3 is 1.16 bits per heavy atom. The van der Waals surface area contributed by atoms with Crippen LogP contribution in [0.5, 0.6) is 11.5 Å². The molecule has 0 aliphatic carbocycles. The number of aromatic amines is 2. The minimum atomic E-state index is -0.382. The fourth-order valence-electron chi connectivity index (χ4n) is 10.8. The third-order valence-corrected chi connectivity index (χ3v) is 15.5. The predicted octanol–water partition coefficient (Wildman–Crippen LogP) is 17.4. The van der Waals surface area contributed by atoms with Gasteiger partial charge in [-0.25, -0.2) is 9.59 Å². The molecule has 0 atom stereocenters. The maximum atomic E-state index is 14.6. The van der Waals surface area contributed by atoms with Gasteiger partial charge < -0.3 is 20.2 Å². The third-order valence-electron chi connectivity index (χ3n) is 15.5. The van der Waals surface area contributed by atoms with E-state index in [4.69, 9.17) is 10.2 Å². The van der Waals surface area contributed by atoms with Gasteiger partial charge in [0.05, 0.1) is 11.0 Å². The van der Waals surface area contributed by atoms with Crippen molar-refractivity contribution in [2.24, 2.45) is 0 Å². The third kappa shape index (κ3) is 19.0. The lowest BCUT2D eigenvalue weighted by atomic mass is 10.0. The van der Waals surface area contributed by atoms with Crippen LogP contribution in [0, 0.1) is 13.8 Å². The number of nitrogens with one attached hydrogen (secondary N) is 2. The molecule has 12 heteroatoms. The van der Waals surface area contributed by atoms with Crippen molar-refractivity contribution in [3.8, 4) is 11.5 Å². The van der Waals surface area contributed by atoms with E-state index in [0.29, 0.717) is 57.1 Å². The van der Waals surface area contributed by atoms with Crippen molar-refractivity contribution < 1.29 is 10.2 Å². The van der Waals surface area contributed by atoms with Gasteiger partial charge >= 0.3 is 11.4 Å². The van der Waals surface area contributed by atoms with Crippen molar-refractivity contribution in [1.29, 1.82) is 0 Å². The Morgan fingerprint density at radius 1 is 0.408 bits per heavy atom. The molecule has 0 fully saturated rings. The van der Waals surface area contributed by atoms with Gasteiger partial charge in [0.15, 0.2) is 0 Å². The van der Waals surface area contributed by atoms with Crippen LogP contribution < -0.4 is 11.4 Å². The zero-order valence-electron chi connectivity index (χ0n) is 47.2. The topological polar surface area (TPSA) is 168 Å². The first-order valence-electron chi connectivity index (χ1n) is 30.1. The van der Waals surface area contributed by atoms with Crippen LogP contribution in [-0.2, 0) is 13.1 Å². The van der Waals surface area contributed by atoms with Crippen LogP contribution in [0.3, 0.4) is 0 Å². The Kier molecular flexibility index (Phi) is 26.1. The Hall–Kier alpha value is -5.78. The normalized spacial score (nSPS) is 11.6. The molecule has 0 spiro atoms. The van der Waals surface area contributed by atoms with Crippen molar-refractivity contribution in [2.45, 2.75) is 246 Å². The molecule has 0 unspecified atom stereocenters. The summed E-state index contributed by atoms with van der Waals surface area (Å²) in [5.41, 5.74) is 4.13. The first kappa shape index (κ1) is 59.5. The molecule has 14 rings (SSSR count). The number of aromatic hydroxyl groups is 2. The van der Waals surface area contributed by atoms with E-state index in [1.54, 1.807) is 45.5 Å². The minimum absolute atomic E-state index is 0.0932. The Balaban J connectivity index is 1.22. The van der Waals surface area contributed by atoms with Crippen LogP contribution in [0.1, 0.15) is 230 Å². The molecule has 414 valence electrons. The molecule has 14 aromatic rings. The zero-order valence-corrected chi connectivity index (χ0v) is 47.2. The van der Waals surface area contributed by atoms with Crippen molar-refractivity contribution in [3.05, 3.63) is 92.8 Å². The second kappa shape index (κ2) is 33.4. The van der Waals surface area contributed by atoms with E-state index in [2.05, 4.69) is 34.0 Å². The van der Waals surface area contributed by atoms with Gasteiger partial charge in [0, 0.05) is 52.7 Å². The molecule has 4 aromatic carbocycles. The highest BCUT2D eigenvalue weighted by Crippen LogP contribution is 2.28. The number of aryl methyl sites for hydroxylation is 4. The summed E-state index contributed by atoms with van der Waals surface area (Å²) in [6, 6.07) is 17.7. The Labute approximate surface area is 453 Å². The molecule has 0 saturated carbocycles. The second-order valence-corrected chi connectivity index (χ2v) is 21.8. The predicted molar refractivity (Wildman–Crippen MR) is 318 cm³/mol. The summed E-state index contributed by atoms with van der Waals surface area (Å²) < 4.78 is 3.36. The molecule has 0 radical (unpaired) electrons. The highest BCUT2D eigenvalue weighted by molar-refractivity contribution is 6.04. The van der Waals surface area contributed by atoms with Crippen LogP contribution in [0.15, 0.2) is 70.3 Å². The molecule has 10 bridgehead atoms. The van der Waals surface area contributed by atoms with E-state index in [0.717, 1.165) is 49.5 Å². The molecule has 0 aliphatic heterocycles. The molecule has 4 N–H and O–H groups in total. The minimum Gasteiger partial charge on any atom is -0.506 e. The number of hydrogen-bond acceptors (Lipinski definition) is 8. The average molecular weight is 1040 g/mol. The fraction of sp³-hybridized carbons (Fsp3) is 0.594. The van der Waals surface area contributed by atoms with Crippen LogP contribution in [0.2, 0.25) is 0 Å². The molecular weight excluding hydrogens is 945 g/mol. The van der Waals surface area contributed by atoms with E-state index in [9.17, 15) is 19.8 Å². The monoisotopic (exact) mass is 1040 g/mol. The number of H-pyrrole nitrogens is 2. The van der Waals surface area contributed by atoms with Gasteiger partial charge in [-0.15, -0.1) is 20.4 Å². The number of phenols is 2. The van der Waals surface area contributed by atoms with Crippen molar-refractivity contribution >= 4 is 54.9 Å². The van der Waals surface area contributed by atoms with E-state index in [1.165, 1.54) is 167 Å². The summed E-state index contributed by atoms with van der Waals surface area (Å²) in [7, 11) is 0. The molecule has 76 heavy (non-hydrogen) atoms. The first-order valence-corrected chi connectivity index (χ1v) is 30.1. The second-order valence-electron chi connectivity index (χ2n) is 21.8. The van der Waals surface area contributed by atoms with Gasteiger partial charge in [-0.2, -0.15) is 0 Å². The van der Waals surface area contributed by atoms with Gasteiger partial charge in [-0.1, -0.05) is 213 Å².